The van der Waals surface area contributed by atoms with E-state index in [1.807, 2.05) is 0 Å². The van der Waals surface area contributed by atoms with Crippen LogP contribution in [0.15, 0.2) is 32.9 Å². The van der Waals surface area contributed by atoms with E-state index in [2.05, 4.69) is 41.9 Å². The average Bonchev–Trinajstić information content (AvgIpc) is 2.36. The summed E-state index contributed by atoms with van der Waals surface area (Å²) in [6.45, 7) is 2.80. The summed E-state index contributed by atoms with van der Waals surface area (Å²) in [4.78, 5) is 23.6. The van der Waals surface area contributed by atoms with Gasteiger partial charge in [-0.1, -0.05) is 0 Å². The third-order valence-corrected chi connectivity index (χ3v) is 3.98. The van der Waals surface area contributed by atoms with Gasteiger partial charge < -0.3 is 19.5 Å². The van der Waals surface area contributed by atoms with Crippen LogP contribution >= 0.6 is 31.9 Å². The van der Waals surface area contributed by atoms with Gasteiger partial charge in [0.15, 0.2) is 5.57 Å². The fourth-order valence-electron chi connectivity index (χ4n) is 1.80. The molecule has 25 heavy (non-hydrogen) atoms. The molecule has 0 aromatic heterocycles. The Balaban J connectivity index is 2.23. The number of cyclic esters (lactones) is 2. The molecule has 0 unspecified atom stereocenters. The number of hydrogen-bond acceptors (Lipinski definition) is 6. The largest absolute Gasteiger partial charge is 0.573 e. The lowest BCUT2D eigenvalue weighted by atomic mass is 10.2. The van der Waals surface area contributed by atoms with E-state index >= 15 is 0 Å². The number of ether oxygens (including phenoxy) is 3. The Bertz CT molecular complexity index is 716. The van der Waals surface area contributed by atoms with Crippen LogP contribution in [0.4, 0.5) is 18.9 Å². The van der Waals surface area contributed by atoms with Crippen LogP contribution in [0.3, 0.4) is 0 Å². The number of carbonyl (C=O) groups is 2. The maximum atomic E-state index is 12.3. The van der Waals surface area contributed by atoms with Crippen LogP contribution < -0.4 is 10.1 Å². The number of alkyl halides is 3. The molecule has 0 amide bonds. The van der Waals surface area contributed by atoms with E-state index in [0.717, 1.165) is 18.3 Å². The van der Waals surface area contributed by atoms with E-state index in [0.29, 0.717) is 0 Å². The number of carbonyl (C=O) groups excluding carboxylic acids is 2. The molecule has 136 valence electrons. The Labute approximate surface area is 156 Å². The molecule has 0 saturated carbocycles. The summed E-state index contributed by atoms with van der Waals surface area (Å²) in [7, 11) is 0. The summed E-state index contributed by atoms with van der Waals surface area (Å²) in [5.41, 5.74) is -0.138. The highest BCUT2D eigenvalue weighted by Gasteiger charge is 2.39. The van der Waals surface area contributed by atoms with Gasteiger partial charge in [-0.2, -0.15) is 0 Å². The Morgan fingerprint density at radius 2 is 1.60 bits per heavy atom. The predicted molar refractivity (Wildman–Crippen MR) is 86.5 cm³/mol. The van der Waals surface area contributed by atoms with E-state index in [9.17, 15) is 22.8 Å². The summed E-state index contributed by atoms with van der Waals surface area (Å²) >= 11 is 6.15. The molecule has 1 aromatic carbocycles. The third kappa shape index (κ3) is 5.11. The minimum absolute atomic E-state index is 0.191. The average molecular weight is 489 g/mol. The van der Waals surface area contributed by atoms with Crippen molar-refractivity contribution in [3.05, 3.63) is 32.9 Å². The highest BCUT2D eigenvalue weighted by Crippen LogP contribution is 2.37. The predicted octanol–water partition coefficient (Wildman–Crippen LogP) is 4.24. The smallest absolute Gasteiger partial charge is 0.419 e. The fraction of sp³-hybridized carbons (Fsp3) is 0.286. The van der Waals surface area contributed by atoms with Crippen molar-refractivity contribution in [2.24, 2.45) is 0 Å². The molecule has 0 bridgehead atoms. The molecule has 0 radical (unpaired) electrons. The molecule has 1 heterocycles. The topological polar surface area (TPSA) is 73.9 Å². The summed E-state index contributed by atoms with van der Waals surface area (Å²) in [6.07, 6.45) is -3.80. The summed E-state index contributed by atoms with van der Waals surface area (Å²) in [6, 6.07) is 2.14. The number of halogens is 5. The van der Waals surface area contributed by atoms with Crippen LogP contribution in [0.25, 0.3) is 0 Å². The Morgan fingerprint density at radius 3 is 2.04 bits per heavy atom. The molecule has 1 aliphatic heterocycles. The molecule has 0 atom stereocenters. The molecule has 1 N–H and O–H groups in total. The first kappa shape index (κ1) is 19.6. The SMILES string of the molecule is CC1(C)OC(=O)C(=CNc2c(Br)cc(OC(F)(F)F)cc2Br)C(=O)O1. The van der Waals surface area contributed by atoms with Gasteiger partial charge in [0, 0.05) is 29.0 Å². The van der Waals surface area contributed by atoms with Gasteiger partial charge in [0.05, 0.1) is 5.69 Å². The standard InChI is InChI=1S/C14H10Br2F3NO5/c1-13(2)24-11(21)7(12(22)25-13)5-20-10-8(15)3-6(4-9(10)16)23-14(17,18)19/h3-5,20H,1-2H3. The molecule has 11 heteroatoms. The van der Waals surface area contributed by atoms with Crippen LogP contribution in [-0.2, 0) is 19.1 Å². The zero-order chi connectivity index (χ0) is 19.0. The first-order chi connectivity index (χ1) is 11.4. The summed E-state index contributed by atoms with van der Waals surface area (Å²) in [5.74, 6) is -3.61. The molecule has 2 rings (SSSR count). The number of benzene rings is 1. The monoisotopic (exact) mass is 487 g/mol. The first-order valence-corrected chi connectivity index (χ1v) is 8.15. The number of rotatable bonds is 3. The Morgan fingerprint density at radius 1 is 1.12 bits per heavy atom. The maximum Gasteiger partial charge on any atom is 0.573 e. The summed E-state index contributed by atoms with van der Waals surface area (Å²) < 4.78 is 50.8. The van der Waals surface area contributed by atoms with Crippen molar-refractivity contribution in [2.75, 3.05) is 5.32 Å². The molecular weight excluding hydrogens is 479 g/mol. The van der Waals surface area contributed by atoms with E-state index in [1.165, 1.54) is 13.8 Å². The second-order valence-corrected chi connectivity index (χ2v) is 6.90. The molecule has 0 spiro atoms. The number of esters is 2. The number of anilines is 1. The molecule has 6 nitrogen and oxygen atoms in total. The molecule has 1 saturated heterocycles. The first-order valence-electron chi connectivity index (χ1n) is 6.56. The highest BCUT2D eigenvalue weighted by atomic mass is 79.9. The normalized spacial score (nSPS) is 16.8. The Kier molecular flexibility index (Phi) is 5.38. The van der Waals surface area contributed by atoms with Crippen molar-refractivity contribution < 1.29 is 37.0 Å². The Hall–Kier alpha value is -1.75. The van der Waals surface area contributed by atoms with Crippen molar-refractivity contribution in [3.8, 4) is 5.75 Å². The van der Waals surface area contributed by atoms with Crippen molar-refractivity contribution in [1.29, 1.82) is 0 Å². The van der Waals surface area contributed by atoms with Gasteiger partial charge in [-0.25, -0.2) is 9.59 Å². The van der Waals surface area contributed by atoms with Gasteiger partial charge in [0.2, 0.25) is 0 Å². The van der Waals surface area contributed by atoms with Gasteiger partial charge in [-0.15, -0.1) is 13.2 Å². The zero-order valence-electron chi connectivity index (χ0n) is 12.7. The van der Waals surface area contributed by atoms with Crippen molar-refractivity contribution in [2.45, 2.75) is 26.0 Å². The molecule has 1 fully saturated rings. The molecule has 0 aliphatic carbocycles. The van der Waals surface area contributed by atoms with Crippen LogP contribution in [0.5, 0.6) is 5.75 Å². The van der Waals surface area contributed by atoms with Gasteiger partial charge in [-0.3, -0.25) is 0 Å². The van der Waals surface area contributed by atoms with Crippen LogP contribution in [-0.4, -0.2) is 24.1 Å². The minimum Gasteiger partial charge on any atom is -0.419 e. The maximum absolute atomic E-state index is 12.3. The van der Waals surface area contributed by atoms with E-state index in [4.69, 9.17) is 9.47 Å². The van der Waals surface area contributed by atoms with Crippen LogP contribution in [0.1, 0.15) is 13.8 Å². The second-order valence-electron chi connectivity index (χ2n) is 5.19. The second kappa shape index (κ2) is 6.87. The fourth-order valence-corrected chi connectivity index (χ4v) is 3.18. The highest BCUT2D eigenvalue weighted by molar-refractivity contribution is 9.11. The lowest BCUT2D eigenvalue weighted by Crippen LogP contribution is -2.42. The van der Waals surface area contributed by atoms with Crippen molar-refractivity contribution >= 4 is 49.5 Å². The zero-order valence-corrected chi connectivity index (χ0v) is 15.8. The molecule has 1 aliphatic rings. The summed E-state index contributed by atoms with van der Waals surface area (Å²) in [5, 5.41) is 2.63. The van der Waals surface area contributed by atoms with Gasteiger partial charge in [-0.05, 0) is 44.0 Å². The lowest BCUT2D eigenvalue weighted by Gasteiger charge is -2.29. The quantitative estimate of drug-likeness (QED) is 0.389. The molecule has 1 aromatic rings. The lowest BCUT2D eigenvalue weighted by molar-refractivity contribution is -0.274. The van der Waals surface area contributed by atoms with Crippen LogP contribution in [0, 0.1) is 0 Å². The van der Waals surface area contributed by atoms with E-state index in [-0.39, 0.29) is 14.6 Å². The van der Waals surface area contributed by atoms with Gasteiger partial charge in [0.25, 0.3) is 5.79 Å². The van der Waals surface area contributed by atoms with E-state index in [1.54, 1.807) is 0 Å². The third-order valence-electron chi connectivity index (χ3n) is 2.73. The van der Waals surface area contributed by atoms with Gasteiger partial charge in [0.1, 0.15) is 5.75 Å². The number of hydrogen-bond donors (Lipinski definition) is 1. The van der Waals surface area contributed by atoms with Gasteiger partial charge >= 0.3 is 18.3 Å². The molecular formula is C14H10Br2F3NO5. The van der Waals surface area contributed by atoms with Crippen molar-refractivity contribution in [1.82, 2.24) is 0 Å². The van der Waals surface area contributed by atoms with Crippen LogP contribution in [0.2, 0.25) is 0 Å². The minimum atomic E-state index is -4.84. The van der Waals surface area contributed by atoms with E-state index < -0.39 is 35.4 Å². The number of nitrogens with one attached hydrogen (secondary N) is 1. The van der Waals surface area contributed by atoms with Crippen molar-refractivity contribution in [3.63, 3.8) is 0 Å².